The van der Waals surface area contributed by atoms with Gasteiger partial charge in [0.1, 0.15) is 17.3 Å². The Morgan fingerprint density at radius 1 is 1.33 bits per heavy atom. The number of hydrogen-bond acceptors (Lipinski definition) is 4. The van der Waals surface area contributed by atoms with Gasteiger partial charge >= 0.3 is 0 Å². The highest BCUT2D eigenvalue weighted by Crippen LogP contribution is 2.28. The molecule has 2 aromatic heterocycles. The Balaban J connectivity index is 1.45. The van der Waals surface area contributed by atoms with Crippen molar-refractivity contribution in [2.24, 2.45) is 7.05 Å². The average molecular weight is 410 g/mol. The van der Waals surface area contributed by atoms with E-state index in [0.29, 0.717) is 36.9 Å². The number of nitrogens with zero attached hydrogens (tertiary/aromatic N) is 4. The highest BCUT2D eigenvalue weighted by molar-refractivity contribution is 5.92. The first-order chi connectivity index (χ1) is 14.4. The van der Waals surface area contributed by atoms with Gasteiger partial charge in [-0.15, -0.1) is 0 Å². The molecule has 6 nitrogen and oxygen atoms in total. The molecule has 158 valence electrons. The van der Waals surface area contributed by atoms with E-state index in [1.54, 1.807) is 16.9 Å². The van der Waals surface area contributed by atoms with Gasteiger partial charge in [0.2, 0.25) is 0 Å². The van der Waals surface area contributed by atoms with Gasteiger partial charge in [0.05, 0.1) is 17.8 Å². The van der Waals surface area contributed by atoms with Gasteiger partial charge in [0, 0.05) is 26.6 Å². The summed E-state index contributed by atoms with van der Waals surface area (Å²) in [6.07, 6.45) is 4.02. The minimum Gasteiger partial charge on any atom is -0.445 e. The maximum Gasteiger partial charge on any atom is 0.272 e. The lowest BCUT2D eigenvalue weighted by Gasteiger charge is -2.31. The summed E-state index contributed by atoms with van der Waals surface area (Å²) in [5.41, 5.74) is 2.37. The molecule has 0 spiro atoms. The molecule has 1 aliphatic rings. The molecule has 0 aliphatic carbocycles. The molecule has 0 unspecified atom stereocenters. The second-order valence-corrected chi connectivity index (χ2v) is 8.29. The van der Waals surface area contributed by atoms with Gasteiger partial charge in [-0.1, -0.05) is 26.0 Å². The van der Waals surface area contributed by atoms with Gasteiger partial charge in [-0.25, -0.2) is 9.37 Å². The molecule has 0 saturated carbocycles. The van der Waals surface area contributed by atoms with E-state index in [0.717, 1.165) is 24.1 Å². The zero-order valence-electron chi connectivity index (χ0n) is 17.6. The SMILES string of the molecule is CC(C)c1cc(C(=O)N2CCC[C@H](c3ncc(Cc4cccc(F)c4)o3)C2)n(C)n1. The third-order valence-corrected chi connectivity index (χ3v) is 5.61. The molecule has 1 amide bonds. The number of aryl methyl sites for hydroxylation is 1. The second-order valence-electron chi connectivity index (χ2n) is 8.29. The van der Waals surface area contributed by atoms with Crippen LogP contribution in [0, 0.1) is 5.82 Å². The number of amides is 1. The monoisotopic (exact) mass is 410 g/mol. The van der Waals surface area contributed by atoms with Crippen LogP contribution >= 0.6 is 0 Å². The molecule has 1 saturated heterocycles. The van der Waals surface area contributed by atoms with Crippen LogP contribution in [0.3, 0.4) is 0 Å². The fraction of sp³-hybridized carbons (Fsp3) is 0.435. The largest absolute Gasteiger partial charge is 0.445 e. The number of oxazole rings is 1. The molecular formula is C23H27FN4O2. The van der Waals surface area contributed by atoms with Gasteiger partial charge in [0.25, 0.3) is 5.91 Å². The lowest BCUT2D eigenvalue weighted by atomic mass is 9.97. The standard InChI is InChI=1S/C23H27FN4O2/c1-15(2)20-12-21(27(3)26-20)23(29)28-9-5-7-17(14-28)22-25-13-19(30-22)11-16-6-4-8-18(24)10-16/h4,6,8,10,12-13,15,17H,5,7,9,11,14H2,1-3H3/t17-/m0/s1. The van der Waals surface area contributed by atoms with E-state index in [4.69, 9.17) is 4.42 Å². The number of hydrogen-bond donors (Lipinski definition) is 0. The topological polar surface area (TPSA) is 64.2 Å². The van der Waals surface area contributed by atoms with E-state index < -0.39 is 0 Å². The minimum atomic E-state index is -0.260. The Labute approximate surface area is 175 Å². The zero-order valence-corrected chi connectivity index (χ0v) is 17.6. The normalized spacial score (nSPS) is 17.0. The minimum absolute atomic E-state index is 0.00635. The number of benzene rings is 1. The number of halogens is 1. The second kappa shape index (κ2) is 8.42. The van der Waals surface area contributed by atoms with Crippen molar-refractivity contribution in [3.8, 4) is 0 Å². The summed E-state index contributed by atoms with van der Waals surface area (Å²) < 4.78 is 21.0. The Morgan fingerprint density at radius 3 is 2.90 bits per heavy atom. The highest BCUT2D eigenvalue weighted by atomic mass is 19.1. The van der Waals surface area contributed by atoms with Gasteiger partial charge in [-0.2, -0.15) is 5.10 Å². The number of carbonyl (C=O) groups excluding carboxylic acids is 1. The van der Waals surface area contributed by atoms with Gasteiger partial charge in [-0.05, 0) is 42.5 Å². The zero-order chi connectivity index (χ0) is 21.3. The molecule has 4 rings (SSSR count). The van der Waals surface area contributed by atoms with Crippen LogP contribution in [-0.4, -0.2) is 38.7 Å². The molecule has 3 aromatic rings. The molecule has 3 heterocycles. The third kappa shape index (κ3) is 4.30. The fourth-order valence-electron chi connectivity index (χ4n) is 3.94. The lowest BCUT2D eigenvalue weighted by molar-refractivity contribution is 0.0686. The molecule has 1 fully saturated rings. The van der Waals surface area contributed by atoms with Crippen molar-refractivity contribution in [1.29, 1.82) is 0 Å². The van der Waals surface area contributed by atoms with Crippen molar-refractivity contribution >= 4 is 5.91 Å². The van der Waals surface area contributed by atoms with Crippen molar-refractivity contribution in [2.75, 3.05) is 13.1 Å². The van der Waals surface area contributed by atoms with E-state index in [-0.39, 0.29) is 23.6 Å². The van der Waals surface area contributed by atoms with Crippen LogP contribution in [-0.2, 0) is 13.5 Å². The summed E-state index contributed by atoms with van der Waals surface area (Å²) in [5.74, 6) is 1.41. The Kier molecular flexibility index (Phi) is 5.70. The molecule has 7 heteroatoms. The summed E-state index contributed by atoms with van der Waals surface area (Å²) in [7, 11) is 1.81. The predicted molar refractivity (Wildman–Crippen MR) is 111 cm³/mol. The molecule has 1 aliphatic heterocycles. The van der Waals surface area contributed by atoms with Gasteiger partial charge in [0.15, 0.2) is 5.89 Å². The van der Waals surface area contributed by atoms with E-state index in [1.165, 1.54) is 12.1 Å². The van der Waals surface area contributed by atoms with Crippen molar-refractivity contribution in [2.45, 2.75) is 44.9 Å². The molecular weight excluding hydrogens is 383 g/mol. The summed E-state index contributed by atoms with van der Waals surface area (Å²) >= 11 is 0. The summed E-state index contributed by atoms with van der Waals surface area (Å²) in [4.78, 5) is 19.4. The third-order valence-electron chi connectivity index (χ3n) is 5.61. The highest BCUT2D eigenvalue weighted by Gasteiger charge is 2.30. The van der Waals surface area contributed by atoms with Crippen molar-refractivity contribution in [1.82, 2.24) is 19.7 Å². The number of rotatable bonds is 5. The fourth-order valence-corrected chi connectivity index (χ4v) is 3.94. The first-order valence-corrected chi connectivity index (χ1v) is 10.4. The van der Waals surface area contributed by atoms with Crippen LogP contribution in [0.2, 0.25) is 0 Å². The van der Waals surface area contributed by atoms with Crippen molar-refractivity contribution in [3.63, 3.8) is 0 Å². The van der Waals surface area contributed by atoms with Crippen LogP contribution in [0.5, 0.6) is 0 Å². The lowest BCUT2D eigenvalue weighted by Crippen LogP contribution is -2.40. The number of likely N-dealkylation sites (tertiary alicyclic amines) is 1. The molecule has 30 heavy (non-hydrogen) atoms. The smallest absolute Gasteiger partial charge is 0.272 e. The molecule has 0 N–H and O–H groups in total. The molecule has 1 aromatic carbocycles. The Bertz CT molecular complexity index is 1040. The first-order valence-electron chi connectivity index (χ1n) is 10.4. The van der Waals surface area contributed by atoms with Crippen LogP contribution in [0.15, 0.2) is 40.9 Å². The predicted octanol–water partition coefficient (Wildman–Crippen LogP) is 4.28. The number of aromatic nitrogens is 3. The van der Waals surface area contributed by atoms with E-state index in [2.05, 4.69) is 23.9 Å². The number of carbonyl (C=O) groups is 1. The van der Waals surface area contributed by atoms with Gasteiger partial charge in [-0.3, -0.25) is 9.48 Å². The van der Waals surface area contributed by atoms with E-state index in [1.807, 2.05) is 24.1 Å². The number of piperidine rings is 1. The van der Waals surface area contributed by atoms with Crippen LogP contribution < -0.4 is 0 Å². The van der Waals surface area contributed by atoms with Crippen molar-refractivity contribution in [3.05, 3.63) is 70.9 Å². The quantitative estimate of drug-likeness (QED) is 0.630. The first kappa shape index (κ1) is 20.3. The molecule has 0 radical (unpaired) electrons. The summed E-state index contributed by atoms with van der Waals surface area (Å²) in [6, 6.07) is 8.37. The average Bonchev–Trinajstić information content (AvgIpc) is 3.34. The van der Waals surface area contributed by atoms with E-state index >= 15 is 0 Å². The molecule has 0 bridgehead atoms. The van der Waals surface area contributed by atoms with Crippen LogP contribution in [0.1, 0.15) is 71.9 Å². The maximum atomic E-state index is 13.4. The van der Waals surface area contributed by atoms with E-state index in [9.17, 15) is 9.18 Å². The van der Waals surface area contributed by atoms with Crippen LogP contribution in [0.4, 0.5) is 4.39 Å². The summed E-state index contributed by atoms with van der Waals surface area (Å²) in [5, 5.41) is 4.46. The summed E-state index contributed by atoms with van der Waals surface area (Å²) in [6.45, 7) is 5.42. The maximum absolute atomic E-state index is 13.4. The van der Waals surface area contributed by atoms with Crippen LogP contribution in [0.25, 0.3) is 0 Å². The van der Waals surface area contributed by atoms with Gasteiger partial charge < -0.3 is 9.32 Å². The Hall–Kier alpha value is -2.96. The Morgan fingerprint density at radius 2 is 2.17 bits per heavy atom. The molecule has 1 atom stereocenters. The van der Waals surface area contributed by atoms with Crippen molar-refractivity contribution < 1.29 is 13.6 Å².